The maximum absolute atomic E-state index is 12.9. The second kappa shape index (κ2) is 6.98. The van der Waals surface area contributed by atoms with Gasteiger partial charge in [-0.3, -0.25) is 4.79 Å². The molecule has 8 heteroatoms. The second-order valence-electron chi connectivity index (χ2n) is 6.50. The monoisotopic (exact) mass is 376 g/mol. The van der Waals surface area contributed by atoms with Gasteiger partial charge in [-0.05, 0) is 63.5 Å². The molecule has 1 aromatic rings. The topological polar surface area (TPSA) is 57.7 Å². The molecule has 0 saturated carbocycles. The number of likely N-dealkylation sites (tertiary alicyclic amines) is 2. The van der Waals surface area contributed by atoms with Crippen molar-refractivity contribution in [3.63, 3.8) is 0 Å². The molecule has 5 nitrogen and oxygen atoms in total. The van der Waals surface area contributed by atoms with E-state index in [1.165, 1.54) is 25.0 Å². The minimum atomic E-state index is -4.72. The lowest BCUT2D eigenvalue weighted by molar-refractivity contribution is 0.0492. The predicted molar refractivity (Wildman–Crippen MR) is 91.7 cm³/mol. The summed E-state index contributed by atoms with van der Waals surface area (Å²) in [7, 11) is -2.57. The molecular formula is C16H22ClFN2O3S. The van der Waals surface area contributed by atoms with E-state index in [0.29, 0.717) is 18.7 Å². The van der Waals surface area contributed by atoms with Crippen LogP contribution in [0.2, 0.25) is 0 Å². The van der Waals surface area contributed by atoms with Crippen molar-refractivity contribution in [1.82, 2.24) is 9.80 Å². The van der Waals surface area contributed by atoms with Crippen molar-refractivity contribution in [3.05, 3.63) is 29.8 Å². The first-order chi connectivity index (χ1) is 10.8. The zero-order valence-corrected chi connectivity index (χ0v) is 15.2. The minimum Gasteiger partial charge on any atom is -0.339 e. The lowest BCUT2D eigenvalue weighted by Gasteiger charge is -2.43. The summed E-state index contributed by atoms with van der Waals surface area (Å²) in [5, 5.41) is 0. The van der Waals surface area contributed by atoms with Crippen molar-refractivity contribution in [3.8, 4) is 0 Å². The highest BCUT2D eigenvalue weighted by Gasteiger charge is 2.41. The van der Waals surface area contributed by atoms with Gasteiger partial charge in [0.15, 0.2) is 0 Å². The SMILES string of the molecule is CN1CCCC12CCN(C(=O)c1ccc(S(=O)(=O)F)cc1)CC2.Cl. The molecule has 0 bridgehead atoms. The molecule has 134 valence electrons. The number of halogens is 2. The summed E-state index contributed by atoms with van der Waals surface area (Å²) >= 11 is 0. The number of amides is 1. The predicted octanol–water partition coefficient (Wildman–Crippen LogP) is 2.47. The first kappa shape index (κ1) is 19.1. The van der Waals surface area contributed by atoms with Gasteiger partial charge in [-0.2, -0.15) is 8.42 Å². The fourth-order valence-corrected chi connectivity index (χ4v) is 4.23. The molecule has 0 radical (unpaired) electrons. The maximum Gasteiger partial charge on any atom is 0.332 e. The fourth-order valence-electron chi connectivity index (χ4n) is 3.77. The summed E-state index contributed by atoms with van der Waals surface area (Å²) in [5.41, 5.74) is 0.635. The van der Waals surface area contributed by atoms with E-state index in [0.717, 1.165) is 31.5 Å². The van der Waals surface area contributed by atoms with E-state index in [1.54, 1.807) is 4.90 Å². The van der Waals surface area contributed by atoms with Crippen LogP contribution in [0.25, 0.3) is 0 Å². The summed E-state index contributed by atoms with van der Waals surface area (Å²) in [6, 6.07) is 5.03. The molecule has 2 aliphatic rings. The smallest absolute Gasteiger partial charge is 0.332 e. The van der Waals surface area contributed by atoms with Gasteiger partial charge in [-0.25, -0.2) is 0 Å². The van der Waals surface area contributed by atoms with Crippen LogP contribution in [0, 0.1) is 0 Å². The highest BCUT2D eigenvalue weighted by Crippen LogP contribution is 2.37. The van der Waals surface area contributed by atoms with Crippen LogP contribution in [0.1, 0.15) is 36.0 Å². The van der Waals surface area contributed by atoms with Crippen molar-refractivity contribution in [2.45, 2.75) is 36.1 Å². The molecule has 0 aliphatic carbocycles. The van der Waals surface area contributed by atoms with Crippen LogP contribution in [-0.2, 0) is 10.2 Å². The Hall–Kier alpha value is -1.18. The molecule has 2 aliphatic heterocycles. The van der Waals surface area contributed by atoms with Crippen LogP contribution in [0.3, 0.4) is 0 Å². The molecular weight excluding hydrogens is 355 g/mol. The van der Waals surface area contributed by atoms with Crippen LogP contribution in [-0.4, -0.2) is 56.3 Å². The molecule has 1 spiro atoms. The first-order valence-corrected chi connectivity index (χ1v) is 9.25. The summed E-state index contributed by atoms with van der Waals surface area (Å²) in [5.74, 6) is -0.122. The molecule has 2 saturated heterocycles. The van der Waals surface area contributed by atoms with E-state index in [-0.39, 0.29) is 23.9 Å². The van der Waals surface area contributed by atoms with Gasteiger partial charge < -0.3 is 9.80 Å². The molecule has 24 heavy (non-hydrogen) atoms. The van der Waals surface area contributed by atoms with Crippen LogP contribution in [0.5, 0.6) is 0 Å². The third-order valence-corrected chi connectivity index (χ3v) is 6.14. The van der Waals surface area contributed by atoms with Gasteiger partial charge in [0.1, 0.15) is 0 Å². The Labute approximate surface area is 148 Å². The lowest BCUT2D eigenvalue weighted by Crippen LogP contribution is -2.51. The Bertz CT molecular complexity index is 701. The number of hydrogen-bond acceptors (Lipinski definition) is 4. The second-order valence-corrected chi connectivity index (χ2v) is 7.85. The molecule has 0 aromatic heterocycles. The zero-order valence-electron chi connectivity index (χ0n) is 13.6. The Morgan fingerprint density at radius 3 is 2.12 bits per heavy atom. The number of carbonyl (C=O) groups excluding carboxylic acids is 1. The van der Waals surface area contributed by atoms with Gasteiger partial charge in [0.05, 0.1) is 4.90 Å². The third-order valence-electron chi connectivity index (χ3n) is 5.31. The number of rotatable bonds is 2. The van der Waals surface area contributed by atoms with Gasteiger partial charge >= 0.3 is 10.2 Å². The molecule has 0 unspecified atom stereocenters. The zero-order chi connectivity index (χ0) is 16.7. The molecule has 0 atom stereocenters. The maximum atomic E-state index is 12.9. The van der Waals surface area contributed by atoms with Crippen LogP contribution in [0.15, 0.2) is 29.2 Å². The third kappa shape index (κ3) is 3.58. The molecule has 1 aromatic carbocycles. The number of carbonyl (C=O) groups is 1. The van der Waals surface area contributed by atoms with Crippen molar-refractivity contribution >= 4 is 28.5 Å². The molecule has 0 N–H and O–H groups in total. The average molecular weight is 377 g/mol. The van der Waals surface area contributed by atoms with Crippen LogP contribution >= 0.6 is 12.4 Å². The van der Waals surface area contributed by atoms with Gasteiger partial charge in [0, 0.05) is 24.2 Å². The van der Waals surface area contributed by atoms with E-state index in [9.17, 15) is 17.1 Å². The summed E-state index contributed by atoms with van der Waals surface area (Å²) in [6.07, 6.45) is 4.33. The number of piperidine rings is 1. The molecule has 1 amide bonds. The van der Waals surface area contributed by atoms with Crippen molar-refractivity contribution in [2.75, 3.05) is 26.7 Å². The molecule has 2 heterocycles. The standard InChI is InChI=1S/C16H21FN2O3S.ClH/c1-18-10-2-7-16(18)8-11-19(12-9-16)15(20)13-3-5-14(6-4-13)23(17,21)22;/h3-6H,2,7-12H2,1H3;1H. The number of nitrogens with zero attached hydrogens (tertiary/aromatic N) is 2. The van der Waals surface area contributed by atoms with Gasteiger partial charge in [0.2, 0.25) is 0 Å². The largest absolute Gasteiger partial charge is 0.339 e. The Morgan fingerprint density at radius 1 is 1.08 bits per heavy atom. The van der Waals surface area contributed by atoms with E-state index in [2.05, 4.69) is 11.9 Å². The molecule has 3 rings (SSSR count). The quantitative estimate of drug-likeness (QED) is 0.744. The highest BCUT2D eigenvalue weighted by molar-refractivity contribution is 7.86. The van der Waals surface area contributed by atoms with Crippen molar-refractivity contribution in [2.24, 2.45) is 0 Å². The van der Waals surface area contributed by atoms with Crippen molar-refractivity contribution in [1.29, 1.82) is 0 Å². The first-order valence-electron chi connectivity index (χ1n) is 7.87. The number of benzene rings is 1. The normalized spacial score (nSPS) is 20.8. The van der Waals surface area contributed by atoms with Gasteiger partial charge in [-0.1, -0.05) is 0 Å². The average Bonchev–Trinajstić information content (AvgIpc) is 2.87. The summed E-state index contributed by atoms with van der Waals surface area (Å²) in [6.45, 7) is 2.52. The van der Waals surface area contributed by atoms with E-state index >= 15 is 0 Å². The minimum absolute atomic E-state index is 0. The van der Waals surface area contributed by atoms with Crippen molar-refractivity contribution < 1.29 is 17.1 Å². The summed E-state index contributed by atoms with van der Waals surface area (Å²) < 4.78 is 34.5. The van der Waals surface area contributed by atoms with E-state index < -0.39 is 15.1 Å². The Morgan fingerprint density at radius 2 is 1.67 bits per heavy atom. The van der Waals surface area contributed by atoms with Gasteiger partial charge in [-0.15, -0.1) is 16.3 Å². The summed E-state index contributed by atoms with van der Waals surface area (Å²) in [4.78, 5) is 16.3. The Balaban J connectivity index is 0.00000208. The Kier molecular flexibility index (Phi) is 5.57. The van der Waals surface area contributed by atoms with E-state index in [4.69, 9.17) is 0 Å². The lowest BCUT2D eigenvalue weighted by atomic mass is 9.85. The van der Waals surface area contributed by atoms with Crippen LogP contribution < -0.4 is 0 Å². The van der Waals surface area contributed by atoms with Crippen LogP contribution in [0.4, 0.5) is 3.89 Å². The highest BCUT2D eigenvalue weighted by atomic mass is 35.5. The number of hydrogen-bond donors (Lipinski definition) is 0. The fraction of sp³-hybridized carbons (Fsp3) is 0.562. The molecule has 2 fully saturated rings. The van der Waals surface area contributed by atoms with Gasteiger partial charge in [0.25, 0.3) is 5.91 Å². The van der Waals surface area contributed by atoms with E-state index in [1.807, 2.05) is 0 Å².